The zero-order valence-electron chi connectivity index (χ0n) is 16.8. The van der Waals surface area contributed by atoms with Crippen LogP contribution in [0.4, 0.5) is 0 Å². The van der Waals surface area contributed by atoms with Gasteiger partial charge in [-0.1, -0.05) is 24.6 Å². The first-order valence-electron chi connectivity index (χ1n) is 9.95. The molecule has 2 atom stereocenters. The van der Waals surface area contributed by atoms with E-state index in [1.165, 1.54) is 11.1 Å². The van der Waals surface area contributed by atoms with Crippen molar-refractivity contribution in [1.82, 2.24) is 0 Å². The predicted molar refractivity (Wildman–Crippen MR) is 101 cm³/mol. The van der Waals surface area contributed by atoms with Gasteiger partial charge in [-0.2, -0.15) is 0 Å². The van der Waals surface area contributed by atoms with Gasteiger partial charge >= 0.3 is 5.97 Å². The van der Waals surface area contributed by atoms with Gasteiger partial charge in [0.05, 0.1) is 25.7 Å². The first-order chi connectivity index (χ1) is 12.9. The highest BCUT2D eigenvalue weighted by atomic mass is 16.7. The Balaban J connectivity index is 1.84. The van der Waals surface area contributed by atoms with E-state index in [0.29, 0.717) is 39.1 Å². The molecule has 1 heterocycles. The van der Waals surface area contributed by atoms with Gasteiger partial charge in [0.25, 0.3) is 0 Å². The van der Waals surface area contributed by atoms with Crippen LogP contribution < -0.4 is 0 Å². The number of hydrogen-bond acceptors (Lipinski definition) is 5. The Kier molecular flexibility index (Phi) is 6.02. The van der Waals surface area contributed by atoms with Crippen LogP contribution in [0.25, 0.3) is 0 Å². The fraction of sp³-hybridized carbons (Fsp3) is 0.636. The second kappa shape index (κ2) is 8.11. The Hall–Kier alpha value is -1.72. The van der Waals surface area contributed by atoms with Crippen molar-refractivity contribution in [3.8, 4) is 0 Å². The van der Waals surface area contributed by atoms with E-state index in [-0.39, 0.29) is 11.8 Å². The molecule has 2 fully saturated rings. The van der Waals surface area contributed by atoms with E-state index >= 15 is 0 Å². The van der Waals surface area contributed by atoms with Crippen molar-refractivity contribution >= 4 is 11.8 Å². The van der Waals surface area contributed by atoms with Crippen LogP contribution in [-0.2, 0) is 36.6 Å². The van der Waals surface area contributed by atoms with E-state index in [9.17, 15) is 9.59 Å². The van der Waals surface area contributed by atoms with Gasteiger partial charge in [0, 0.05) is 25.2 Å². The third-order valence-electron chi connectivity index (χ3n) is 5.81. The molecule has 1 aromatic carbocycles. The molecule has 0 bridgehead atoms. The van der Waals surface area contributed by atoms with Gasteiger partial charge in [0.1, 0.15) is 5.78 Å². The van der Waals surface area contributed by atoms with Gasteiger partial charge in [-0.3, -0.25) is 9.59 Å². The number of Topliss-reactive ketones (excluding diaryl/α,β-unsaturated/α-hetero) is 1. The number of aryl methyl sites for hydroxylation is 3. The highest BCUT2D eigenvalue weighted by Gasteiger charge is 2.54. The SMILES string of the molecule is CCOC(=O)[C@@H]1CC2(C[C@H]1C(=O)Cc1c(C)cc(C)cc1CC)OCCO2. The molecule has 0 radical (unpaired) electrons. The molecule has 0 aromatic heterocycles. The van der Waals surface area contributed by atoms with E-state index in [2.05, 4.69) is 32.9 Å². The van der Waals surface area contributed by atoms with Gasteiger partial charge in [-0.05, 0) is 43.9 Å². The summed E-state index contributed by atoms with van der Waals surface area (Å²) < 4.78 is 16.8. The van der Waals surface area contributed by atoms with Gasteiger partial charge in [-0.25, -0.2) is 0 Å². The second-order valence-electron chi connectivity index (χ2n) is 7.70. The summed E-state index contributed by atoms with van der Waals surface area (Å²) in [5, 5.41) is 0. The summed E-state index contributed by atoms with van der Waals surface area (Å²) in [6.45, 7) is 9.34. The van der Waals surface area contributed by atoms with Gasteiger partial charge < -0.3 is 14.2 Å². The fourth-order valence-corrected chi connectivity index (χ4v) is 4.57. The topological polar surface area (TPSA) is 61.8 Å². The molecule has 5 nitrogen and oxygen atoms in total. The van der Waals surface area contributed by atoms with Crippen molar-refractivity contribution < 1.29 is 23.8 Å². The summed E-state index contributed by atoms with van der Waals surface area (Å²) in [5.74, 6) is -1.96. The van der Waals surface area contributed by atoms with E-state index in [4.69, 9.17) is 14.2 Å². The smallest absolute Gasteiger partial charge is 0.309 e. The summed E-state index contributed by atoms with van der Waals surface area (Å²) in [6, 6.07) is 4.27. The van der Waals surface area contributed by atoms with Crippen molar-refractivity contribution in [2.45, 2.75) is 59.2 Å². The minimum atomic E-state index is -0.798. The highest BCUT2D eigenvalue weighted by Crippen LogP contribution is 2.46. The number of carbonyl (C=O) groups is 2. The number of carbonyl (C=O) groups excluding carboxylic acids is 2. The molecule has 0 N–H and O–H groups in total. The third-order valence-corrected chi connectivity index (χ3v) is 5.81. The van der Waals surface area contributed by atoms with Gasteiger partial charge in [0.2, 0.25) is 0 Å². The normalized spacial score (nSPS) is 23.7. The molecule has 2 aliphatic rings. The lowest BCUT2D eigenvalue weighted by Gasteiger charge is -2.21. The lowest BCUT2D eigenvalue weighted by molar-refractivity contribution is -0.162. The number of esters is 1. The van der Waals surface area contributed by atoms with E-state index < -0.39 is 17.6 Å². The van der Waals surface area contributed by atoms with Crippen LogP contribution in [0.15, 0.2) is 12.1 Å². The quantitative estimate of drug-likeness (QED) is 0.715. The zero-order chi connectivity index (χ0) is 19.6. The molecular weight excluding hydrogens is 344 g/mol. The third kappa shape index (κ3) is 4.09. The van der Waals surface area contributed by atoms with Crippen molar-refractivity contribution in [1.29, 1.82) is 0 Å². The molecule has 1 saturated carbocycles. The van der Waals surface area contributed by atoms with Crippen LogP contribution in [0.1, 0.15) is 48.9 Å². The van der Waals surface area contributed by atoms with E-state index in [1.54, 1.807) is 6.92 Å². The van der Waals surface area contributed by atoms with E-state index in [0.717, 1.165) is 17.5 Å². The van der Waals surface area contributed by atoms with Gasteiger partial charge in [0.15, 0.2) is 5.79 Å². The molecule has 1 aromatic rings. The van der Waals surface area contributed by atoms with Crippen LogP contribution >= 0.6 is 0 Å². The second-order valence-corrected chi connectivity index (χ2v) is 7.70. The number of ether oxygens (including phenoxy) is 3. The standard InChI is InChI=1S/C22H30O5/c1-5-16-10-14(3)9-15(4)17(16)11-20(23)18-12-22(26-7-8-27-22)13-19(18)21(24)25-6-2/h9-10,18-19H,5-8,11-13H2,1-4H3/t18-,19-/m1/s1. The first kappa shape index (κ1) is 20.0. The summed E-state index contributed by atoms with van der Waals surface area (Å²) in [5.41, 5.74) is 4.63. The zero-order valence-corrected chi connectivity index (χ0v) is 16.8. The number of hydrogen-bond donors (Lipinski definition) is 0. The van der Waals surface area contributed by atoms with Crippen molar-refractivity contribution in [3.05, 3.63) is 34.4 Å². The summed E-state index contributed by atoms with van der Waals surface area (Å²) in [7, 11) is 0. The van der Waals surface area contributed by atoms with Crippen LogP contribution in [-0.4, -0.2) is 37.4 Å². The Morgan fingerprint density at radius 1 is 1.11 bits per heavy atom. The highest BCUT2D eigenvalue weighted by molar-refractivity contribution is 5.89. The molecule has 1 saturated heterocycles. The van der Waals surface area contributed by atoms with Crippen molar-refractivity contribution in [2.24, 2.45) is 11.8 Å². The molecule has 148 valence electrons. The average molecular weight is 374 g/mol. The average Bonchev–Trinajstić information content (AvgIpc) is 3.24. The minimum absolute atomic E-state index is 0.0747. The summed E-state index contributed by atoms with van der Waals surface area (Å²) in [6.07, 6.45) is 2.05. The molecule has 1 spiro atoms. The summed E-state index contributed by atoms with van der Waals surface area (Å²) >= 11 is 0. The number of rotatable bonds is 6. The van der Waals surface area contributed by atoms with Crippen LogP contribution in [0.3, 0.4) is 0 Å². The van der Waals surface area contributed by atoms with Crippen molar-refractivity contribution in [2.75, 3.05) is 19.8 Å². The maximum atomic E-state index is 13.3. The first-order valence-corrected chi connectivity index (χ1v) is 9.95. The Morgan fingerprint density at radius 2 is 1.78 bits per heavy atom. The van der Waals surface area contributed by atoms with Crippen molar-refractivity contribution in [3.63, 3.8) is 0 Å². The molecule has 0 amide bonds. The lowest BCUT2D eigenvalue weighted by atomic mass is 9.85. The van der Waals surface area contributed by atoms with E-state index in [1.807, 2.05) is 0 Å². The number of benzene rings is 1. The molecule has 1 aliphatic heterocycles. The largest absolute Gasteiger partial charge is 0.466 e. The maximum absolute atomic E-state index is 13.3. The predicted octanol–water partition coefficient (Wildman–Crippen LogP) is 3.31. The van der Waals surface area contributed by atoms with Crippen LogP contribution in [0, 0.1) is 25.7 Å². The molecule has 3 rings (SSSR count). The monoisotopic (exact) mass is 374 g/mol. The molecule has 27 heavy (non-hydrogen) atoms. The Bertz CT molecular complexity index is 718. The number of ketones is 1. The Labute approximate surface area is 161 Å². The molecule has 1 aliphatic carbocycles. The minimum Gasteiger partial charge on any atom is -0.466 e. The molecule has 5 heteroatoms. The summed E-state index contributed by atoms with van der Waals surface area (Å²) in [4.78, 5) is 25.8. The maximum Gasteiger partial charge on any atom is 0.309 e. The molecular formula is C22H30O5. The fourth-order valence-electron chi connectivity index (χ4n) is 4.57. The van der Waals surface area contributed by atoms with Crippen LogP contribution in [0.5, 0.6) is 0 Å². The Morgan fingerprint density at radius 3 is 2.41 bits per heavy atom. The lowest BCUT2D eigenvalue weighted by Crippen LogP contribution is -2.28. The van der Waals surface area contributed by atoms with Gasteiger partial charge in [-0.15, -0.1) is 0 Å². The van der Waals surface area contributed by atoms with Crippen LogP contribution in [0.2, 0.25) is 0 Å². The molecule has 0 unspecified atom stereocenters.